The maximum Gasteiger partial charge on any atom is 0.268 e. The zero-order chi connectivity index (χ0) is 43.6. The van der Waals surface area contributed by atoms with Crippen LogP contribution in [0.2, 0.25) is 0 Å². The van der Waals surface area contributed by atoms with Gasteiger partial charge >= 0.3 is 0 Å². The van der Waals surface area contributed by atoms with Crippen LogP contribution in [0.4, 0.5) is 0 Å². The molecule has 0 fully saturated rings. The summed E-state index contributed by atoms with van der Waals surface area (Å²) in [6.07, 6.45) is 52.9. The second kappa shape index (κ2) is 41.8. The highest BCUT2D eigenvalue weighted by Crippen LogP contribution is 2.38. The Hall–Kier alpha value is -1.54. The van der Waals surface area contributed by atoms with E-state index in [1.807, 2.05) is 21.1 Å². The number of amides is 1. The maximum atomic E-state index is 12.9. The van der Waals surface area contributed by atoms with Gasteiger partial charge in [0.15, 0.2) is 0 Å². The molecule has 0 bridgehead atoms. The van der Waals surface area contributed by atoms with Crippen molar-refractivity contribution < 1.29 is 32.9 Å². The normalized spacial score (nSPS) is 14.6. The molecule has 9 heteroatoms. The van der Waals surface area contributed by atoms with Crippen LogP contribution in [0.1, 0.15) is 213 Å². The van der Waals surface area contributed by atoms with Crippen molar-refractivity contribution in [2.45, 2.75) is 225 Å². The number of aliphatic hydroxyl groups excluding tert-OH is 1. The van der Waals surface area contributed by atoms with Crippen molar-refractivity contribution in [1.29, 1.82) is 0 Å². The first-order valence-corrected chi connectivity index (χ1v) is 25.9. The zero-order valence-corrected chi connectivity index (χ0v) is 40.1. The lowest BCUT2D eigenvalue weighted by atomic mass is 10.0. The maximum absolute atomic E-state index is 12.9. The molecule has 0 aliphatic heterocycles. The summed E-state index contributed by atoms with van der Waals surface area (Å²) in [6.45, 7) is 4.57. The van der Waals surface area contributed by atoms with Crippen LogP contribution in [-0.4, -0.2) is 68.5 Å². The molecule has 0 rings (SSSR count). The quantitative estimate of drug-likeness (QED) is 0.0274. The lowest BCUT2D eigenvalue weighted by Gasteiger charge is -2.30. The molecule has 8 nitrogen and oxygen atoms in total. The number of allylic oxidation sites excluding steroid dienone is 8. The molecule has 3 unspecified atom stereocenters. The monoisotopic (exact) mass is 851 g/mol. The molecule has 59 heavy (non-hydrogen) atoms. The van der Waals surface area contributed by atoms with E-state index in [0.717, 1.165) is 64.2 Å². The van der Waals surface area contributed by atoms with Gasteiger partial charge in [-0.3, -0.25) is 9.36 Å². The van der Waals surface area contributed by atoms with Crippen LogP contribution in [0.15, 0.2) is 48.6 Å². The number of phosphoric acid groups is 1. The minimum absolute atomic E-state index is 0.0116. The number of carbonyl (C=O) groups excluding carboxylic acids is 1. The van der Waals surface area contributed by atoms with Crippen molar-refractivity contribution in [3.8, 4) is 0 Å². The average molecular weight is 851 g/mol. The second-order valence-corrected chi connectivity index (χ2v) is 19.2. The summed E-state index contributed by atoms with van der Waals surface area (Å²) >= 11 is 0. The highest BCUT2D eigenvalue weighted by molar-refractivity contribution is 7.45. The van der Waals surface area contributed by atoms with E-state index in [1.165, 1.54) is 122 Å². The van der Waals surface area contributed by atoms with E-state index in [1.54, 1.807) is 0 Å². The van der Waals surface area contributed by atoms with Gasteiger partial charge in [-0.25, -0.2) is 0 Å². The summed E-state index contributed by atoms with van der Waals surface area (Å²) in [5.41, 5.74) is 0. The smallest absolute Gasteiger partial charge is 0.268 e. The Morgan fingerprint density at radius 1 is 0.610 bits per heavy atom. The number of rotatable bonds is 44. The molecule has 0 saturated heterocycles. The van der Waals surface area contributed by atoms with Gasteiger partial charge in [-0.05, 0) is 51.4 Å². The molecular formula is C50H95N2O6P. The Balaban J connectivity index is 3.99. The van der Waals surface area contributed by atoms with Crippen molar-refractivity contribution in [1.82, 2.24) is 5.32 Å². The number of nitrogens with one attached hydrogen (secondary N) is 1. The van der Waals surface area contributed by atoms with E-state index in [9.17, 15) is 19.4 Å². The van der Waals surface area contributed by atoms with Gasteiger partial charge in [0.1, 0.15) is 13.2 Å². The van der Waals surface area contributed by atoms with E-state index >= 15 is 0 Å². The summed E-state index contributed by atoms with van der Waals surface area (Å²) in [4.78, 5) is 25.3. The molecule has 0 heterocycles. The Morgan fingerprint density at radius 2 is 1.03 bits per heavy atom. The molecule has 0 aliphatic rings. The molecular weight excluding hydrogens is 756 g/mol. The van der Waals surface area contributed by atoms with Crippen LogP contribution < -0.4 is 10.2 Å². The fourth-order valence-electron chi connectivity index (χ4n) is 6.97. The lowest BCUT2D eigenvalue weighted by Crippen LogP contribution is -2.46. The van der Waals surface area contributed by atoms with E-state index in [4.69, 9.17) is 9.05 Å². The van der Waals surface area contributed by atoms with Crippen molar-refractivity contribution in [2.75, 3.05) is 40.9 Å². The van der Waals surface area contributed by atoms with E-state index < -0.39 is 20.0 Å². The van der Waals surface area contributed by atoms with Crippen molar-refractivity contribution in [2.24, 2.45) is 0 Å². The summed E-state index contributed by atoms with van der Waals surface area (Å²) < 4.78 is 23.2. The van der Waals surface area contributed by atoms with Gasteiger partial charge < -0.3 is 28.8 Å². The number of hydrogen-bond donors (Lipinski definition) is 2. The highest BCUT2D eigenvalue weighted by Gasteiger charge is 2.24. The van der Waals surface area contributed by atoms with Crippen LogP contribution >= 0.6 is 7.82 Å². The summed E-state index contributed by atoms with van der Waals surface area (Å²) in [5, 5.41) is 13.8. The predicted molar refractivity (Wildman–Crippen MR) is 251 cm³/mol. The molecule has 2 N–H and O–H groups in total. The van der Waals surface area contributed by atoms with Crippen molar-refractivity contribution >= 4 is 13.7 Å². The number of hydrogen-bond acceptors (Lipinski definition) is 6. The lowest BCUT2D eigenvalue weighted by molar-refractivity contribution is -0.870. The minimum atomic E-state index is -4.56. The molecule has 0 aromatic carbocycles. The number of aliphatic hydroxyl groups is 1. The number of nitrogens with zero attached hydrogens (tertiary/aromatic N) is 1. The fourth-order valence-corrected chi connectivity index (χ4v) is 7.69. The summed E-state index contributed by atoms with van der Waals surface area (Å²) in [5.74, 6) is -0.169. The predicted octanol–water partition coefficient (Wildman–Crippen LogP) is 13.4. The molecule has 346 valence electrons. The van der Waals surface area contributed by atoms with Gasteiger partial charge in [-0.1, -0.05) is 204 Å². The van der Waals surface area contributed by atoms with Crippen LogP contribution in [-0.2, 0) is 18.4 Å². The molecule has 1 amide bonds. The molecule has 0 aliphatic carbocycles. The van der Waals surface area contributed by atoms with Gasteiger partial charge in [-0.15, -0.1) is 0 Å². The number of carbonyl (C=O) groups is 1. The number of phosphoric ester groups is 1. The second-order valence-electron chi connectivity index (χ2n) is 17.8. The van der Waals surface area contributed by atoms with Gasteiger partial charge in [0.25, 0.3) is 7.82 Å². The van der Waals surface area contributed by atoms with Gasteiger partial charge in [0.2, 0.25) is 5.91 Å². The molecule has 0 aromatic rings. The third-order valence-electron chi connectivity index (χ3n) is 10.8. The summed E-state index contributed by atoms with van der Waals surface area (Å²) in [6, 6.07) is -0.797. The number of unbranched alkanes of at least 4 members (excludes halogenated alkanes) is 23. The summed E-state index contributed by atoms with van der Waals surface area (Å²) in [7, 11) is 1.30. The van der Waals surface area contributed by atoms with Crippen LogP contribution in [0.25, 0.3) is 0 Å². The zero-order valence-electron chi connectivity index (χ0n) is 39.2. The van der Waals surface area contributed by atoms with E-state index in [2.05, 4.69) is 67.8 Å². The first-order chi connectivity index (χ1) is 28.5. The standard InChI is InChI=1S/C50H95N2O6P/c1-6-8-10-12-14-16-17-18-19-20-21-22-23-24-25-26-27-28-29-30-31-32-33-34-35-36-38-40-42-44-50(54)51-48(47-58-59(55,56)57-46-45-52(3,4)5)49(53)43-41-39-37-15-13-11-9-7-2/h8,10,14,16,18-19,21-22,48-49,53H,6-7,9,11-13,15,17,20,23-47H2,1-5H3,(H-,51,54,55,56)/b10-8-,16-14-,19-18-,22-21-. The van der Waals surface area contributed by atoms with Crippen molar-refractivity contribution in [3.63, 3.8) is 0 Å². The third-order valence-corrected chi connectivity index (χ3v) is 11.8. The third kappa shape index (κ3) is 44.3. The molecule has 3 atom stereocenters. The van der Waals surface area contributed by atoms with Crippen molar-refractivity contribution in [3.05, 3.63) is 48.6 Å². The molecule has 0 radical (unpaired) electrons. The SMILES string of the molecule is CC/C=C\C/C=C\C/C=C\C/C=C\CCCCCCCCCCCCCCCCCCC(=O)NC(COP(=O)([O-])OCC[N+](C)(C)C)C(O)CCCCCCCCCC. The Kier molecular flexibility index (Phi) is 40.7. The van der Waals surface area contributed by atoms with Crippen LogP contribution in [0, 0.1) is 0 Å². The number of likely N-dealkylation sites (N-methyl/N-ethyl adjacent to an activating group) is 1. The topological polar surface area (TPSA) is 108 Å². The van der Waals surface area contributed by atoms with Crippen LogP contribution in [0.5, 0.6) is 0 Å². The van der Waals surface area contributed by atoms with Gasteiger partial charge in [-0.2, -0.15) is 0 Å². The van der Waals surface area contributed by atoms with Gasteiger partial charge in [0, 0.05) is 6.42 Å². The molecule has 0 saturated carbocycles. The van der Waals surface area contributed by atoms with Gasteiger partial charge in [0.05, 0.1) is 39.9 Å². The molecule has 0 spiro atoms. The molecule has 0 aromatic heterocycles. The van der Waals surface area contributed by atoms with E-state index in [-0.39, 0.29) is 19.1 Å². The van der Waals surface area contributed by atoms with E-state index in [0.29, 0.717) is 23.9 Å². The fraction of sp³-hybridized carbons (Fsp3) is 0.820. The van der Waals surface area contributed by atoms with Crippen LogP contribution in [0.3, 0.4) is 0 Å². The first kappa shape index (κ1) is 57.5. The Bertz CT molecular complexity index is 1100. The minimum Gasteiger partial charge on any atom is -0.756 e. The Labute approximate surface area is 365 Å². The largest absolute Gasteiger partial charge is 0.756 e. The number of quaternary nitrogens is 1. The highest BCUT2D eigenvalue weighted by atomic mass is 31.2. The average Bonchev–Trinajstić information content (AvgIpc) is 3.19. The first-order valence-electron chi connectivity index (χ1n) is 24.5. The Morgan fingerprint density at radius 3 is 1.51 bits per heavy atom.